The van der Waals surface area contributed by atoms with E-state index in [1.165, 1.54) is 7.11 Å². The van der Waals surface area contributed by atoms with E-state index in [2.05, 4.69) is 6.58 Å². The predicted octanol–water partition coefficient (Wildman–Crippen LogP) is 6.66. The second-order valence-corrected chi connectivity index (χ2v) is 7.78. The van der Waals surface area contributed by atoms with Gasteiger partial charge in [0.2, 0.25) is 5.78 Å². The molecule has 1 aliphatic heterocycles. The summed E-state index contributed by atoms with van der Waals surface area (Å²) in [6.07, 6.45) is 1.89. The third-order valence-corrected chi connectivity index (χ3v) is 5.77. The van der Waals surface area contributed by atoms with Crippen LogP contribution in [-0.2, 0) is 0 Å². The van der Waals surface area contributed by atoms with Crippen molar-refractivity contribution in [3.63, 3.8) is 0 Å². The molecule has 0 bridgehead atoms. The second-order valence-electron chi connectivity index (χ2n) is 7.78. The van der Waals surface area contributed by atoms with Crippen LogP contribution in [0.25, 0.3) is 27.7 Å². The molecule has 0 aliphatic carbocycles. The first-order valence-electron chi connectivity index (χ1n) is 10.5. The smallest absolute Gasteiger partial charge is 0.232 e. The zero-order chi connectivity index (χ0) is 23.1. The molecule has 5 nitrogen and oxygen atoms in total. The standard InChI is InChI=1S/C28H22O5/c1-16-14-17(2)32-27-20(16)12-13-22-25(27)24(18-8-6-5-7-9-18)28(33-22)26(29)21-11-10-19(30-3)15-23(21)31-4/h5-15H,2H2,1,3-4H3. The van der Waals surface area contributed by atoms with Gasteiger partial charge in [-0.25, -0.2) is 0 Å². The monoisotopic (exact) mass is 438 g/mol. The maximum atomic E-state index is 13.8. The molecule has 0 fully saturated rings. The van der Waals surface area contributed by atoms with Crippen LogP contribution < -0.4 is 14.2 Å². The van der Waals surface area contributed by atoms with E-state index in [4.69, 9.17) is 18.6 Å². The fourth-order valence-electron chi connectivity index (χ4n) is 4.21. The van der Waals surface area contributed by atoms with Gasteiger partial charge >= 0.3 is 0 Å². The zero-order valence-electron chi connectivity index (χ0n) is 18.6. The van der Waals surface area contributed by atoms with Gasteiger partial charge in [-0.2, -0.15) is 0 Å². The van der Waals surface area contributed by atoms with E-state index in [0.717, 1.165) is 22.1 Å². The summed E-state index contributed by atoms with van der Waals surface area (Å²) >= 11 is 0. The van der Waals surface area contributed by atoms with Gasteiger partial charge in [-0.15, -0.1) is 0 Å². The molecule has 0 radical (unpaired) electrons. The lowest BCUT2D eigenvalue weighted by Gasteiger charge is -2.19. The van der Waals surface area contributed by atoms with Crippen LogP contribution in [-0.4, -0.2) is 20.0 Å². The van der Waals surface area contributed by atoms with Crippen LogP contribution in [0.4, 0.5) is 0 Å². The summed E-state index contributed by atoms with van der Waals surface area (Å²) in [4.78, 5) is 13.8. The minimum Gasteiger partial charge on any atom is -0.497 e. The van der Waals surface area contributed by atoms with Gasteiger partial charge in [0.25, 0.3) is 0 Å². The topological polar surface area (TPSA) is 57.9 Å². The first-order chi connectivity index (χ1) is 16.0. The van der Waals surface area contributed by atoms with Crippen LogP contribution in [0, 0.1) is 0 Å². The van der Waals surface area contributed by atoms with Crippen LogP contribution in [0.3, 0.4) is 0 Å². The summed E-state index contributed by atoms with van der Waals surface area (Å²) in [7, 11) is 3.09. The van der Waals surface area contributed by atoms with E-state index in [0.29, 0.717) is 39.7 Å². The molecule has 33 heavy (non-hydrogen) atoms. The van der Waals surface area contributed by atoms with Gasteiger partial charge in [-0.1, -0.05) is 36.9 Å². The summed E-state index contributed by atoms with van der Waals surface area (Å²) in [5.41, 5.74) is 4.44. The van der Waals surface area contributed by atoms with Crippen LogP contribution in [0.5, 0.6) is 17.2 Å². The number of rotatable bonds is 5. The Bertz CT molecular complexity index is 1440. The first-order valence-corrected chi connectivity index (χ1v) is 10.5. The van der Waals surface area contributed by atoms with Crippen molar-refractivity contribution in [2.24, 2.45) is 0 Å². The SMILES string of the molecule is C=C1C=C(C)c2ccc3oc(C(=O)c4ccc(OC)cc4OC)c(-c4ccccc4)c3c2O1. The quantitative estimate of drug-likeness (QED) is 0.326. The van der Waals surface area contributed by atoms with E-state index in [-0.39, 0.29) is 11.5 Å². The number of hydrogen-bond acceptors (Lipinski definition) is 5. The number of fused-ring (bicyclic) bond motifs is 3. The number of methoxy groups -OCH3 is 2. The number of allylic oxidation sites excluding steroid dienone is 2. The van der Waals surface area contributed by atoms with Crippen molar-refractivity contribution in [1.82, 2.24) is 0 Å². The number of carbonyl (C=O) groups excluding carboxylic acids is 1. The largest absolute Gasteiger partial charge is 0.497 e. The average Bonchev–Trinajstić information content (AvgIpc) is 3.24. The minimum atomic E-state index is -0.291. The highest BCUT2D eigenvalue weighted by molar-refractivity contribution is 6.18. The molecule has 3 aromatic carbocycles. The van der Waals surface area contributed by atoms with Gasteiger partial charge in [-0.3, -0.25) is 4.79 Å². The Morgan fingerprint density at radius 2 is 1.76 bits per heavy atom. The molecule has 1 aromatic heterocycles. The molecule has 164 valence electrons. The Morgan fingerprint density at radius 3 is 2.48 bits per heavy atom. The Kier molecular flexibility index (Phi) is 5.02. The molecule has 0 amide bonds. The van der Waals surface area contributed by atoms with Crippen LogP contribution in [0.2, 0.25) is 0 Å². The molecule has 4 aromatic rings. The summed E-state index contributed by atoms with van der Waals surface area (Å²) in [5.74, 6) is 2.11. The zero-order valence-corrected chi connectivity index (χ0v) is 18.6. The van der Waals surface area contributed by atoms with E-state index in [9.17, 15) is 4.79 Å². The molecule has 0 saturated carbocycles. The van der Waals surface area contributed by atoms with Crippen LogP contribution in [0.15, 0.2) is 83.5 Å². The lowest BCUT2D eigenvalue weighted by molar-refractivity contribution is 0.101. The van der Waals surface area contributed by atoms with Gasteiger partial charge < -0.3 is 18.6 Å². The van der Waals surface area contributed by atoms with E-state index in [1.54, 1.807) is 25.3 Å². The maximum absolute atomic E-state index is 13.8. The number of ketones is 1. The molecular formula is C28H22O5. The van der Waals surface area contributed by atoms with Gasteiger partial charge in [0.15, 0.2) is 5.76 Å². The Balaban J connectivity index is 1.81. The minimum absolute atomic E-state index is 0.217. The number of furan rings is 1. The number of benzene rings is 3. The molecule has 0 N–H and O–H groups in total. The highest BCUT2D eigenvalue weighted by Gasteiger charge is 2.29. The van der Waals surface area contributed by atoms with Crippen molar-refractivity contribution in [2.75, 3.05) is 14.2 Å². The summed E-state index contributed by atoms with van der Waals surface area (Å²) in [5, 5.41) is 0.739. The molecule has 5 rings (SSSR count). The Morgan fingerprint density at radius 1 is 0.970 bits per heavy atom. The van der Waals surface area contributed by atoms with E-state index in [1.807, 2.05) is 55.5 Å². The van der Waals surface area contributed by atoms with Crippen molar-refractivity contribution < 1.29 is 23.4 Å². The maximum Gasteiger partial charge on any atom is 0.232 e. The molecule has 0 spiro atoms. The molecule has 0 atom stereocenters. The van der Waals surface area contributed by atoms with Gasteiger partial charge in [-0.05, 0) is 48.4 Å². The van der Waals surface area contributed by atoms with Crippen molar-refractivity contribution >= 4 is 22.3 Å². The summed E-state index contributed by atoms with van der Waals surface area (Å²) in [6.45, 7) is 5.99. The highest BCUT2D eigenvalue weighted by Crippen LogP contribution is 2.46. The van der Waals surface area contributed by atoms with Gasteiger partial charge in [0.05, 0.1) is 25.2 Å². The molecular weight excluding hydrogens is 416 g/mol. The van der Waals surface area contributed by atoms with Crippen molar-refractivity contribution in [3.8, 4) is 28.4 Å². The third-order valence-electron chi connectivity index (χ3n) is 5.77. The molecule has 0 saturated heterocycles. The van der Waals surface area contributed by atoms with E-state index >= 15 is 0 Å². The van der Waals surface area contributed by atoms with E-state index < -0.39 is 0 Å². The molecule has 5 heteroatoms. The number of hydrogen-bond donors (Lipinski definition) is 0. The highest BCUT2D eigenvalue weighted by atomic mass is 16.5. The normalized spacial score (nSPS) is 12.7. The summed E-state index contributed by atoms with van der Waals surface area (Å²) < 4.78 is 23.0. The molecule has 2 heterocycles. The van der Waals surface area contributed by atoms with Crippen molar-refractivity contribution in [3.05, 3.63) is 96.0 Å². The lowest BCUT2D eigenvalue weighted by Crippen LogP contribution is -2.05. The molecule has 1 aliphatic rings. The predicted molar refractivity (Wildman–Crippen MR) is 128 cm³/mol. The number of ether oxygens (including phenoxy) is 3. The summed E-state index contributed by atoms with van der Waals surface area (Å²) in [6, 6.07) is 18.6. The van der Waals surface area contributed by atoms with Crippen molar-refractivity contribution in [1.29, 1.82) is 0 Å². The second kappa shape index (κ2) is 8.02. The van der Waals surface area contributed by atoms with Gasteiger partial charge in [0, 0.05) is 17.2 Å². The van der Waals surface area contributed by atoms with Crippen LogP contribution >= 0.6 is 0 Å². The molecule has 0 unspecified atom stereocenters. The Labute approximate surface area is 191 Å². The van der Waals surface area contributed by atoms with Crippen LogP contribution in [0.1, 0.15) is 28.6 Å². The number of carbonyl (C=O) groups is 1. The third kappa shape index (κ3) is 3.38. The Hall–Kier alpha value is -4.25. The van der Waals surface area contributed by atoms with Crippen molar-refractivity contribution in [2.45, 2.75) is 6.92 Å². The van der Waals surface area contributed by atoms with Gasteiger partial charge in [0.1, 0.15) is 28.6 Å². The fraction of sp³-hybridized carbons (Fsp3) is 0.107. The lowest BCUT2D eigenvalue weighted by atomic mass is 9.94. The fourth-order valence-corrected chi connectivity index (χ4v) is 4.21. The first kappa shape index (κ1) is 20.6. The average molecular weight is 438 g/mol.